The normalized spacial score (nSPS) is 34.1. The maximum absolute atomic E-state index is 11.5. The Morgan fingerprint density at radius 3 is 2.47 bits per heavy atom. The fourth-order valence-corrected chi connectivity index (χ4v) is 11.8. The van der Waals surface area contributed by atoms with Crippen LogP contribution >= 0.6 is 0 Å². The molecule has 2 aromatic rings. The number of hydrogen-bond acceptors (Lipinski definition) is 4. The van der Waals surface area contributed by atoms with Gasteiger partial charge in [-0.05, 0) is 151 Å². The van der Waals surface area contributed by atoms with Gasteiger partial charge >= 0.3 is 5.97 Å². The fraction of sp³-hybridized carbons (Fsp3) is 0.643. The van der Waals surface area contributed by atoms with Gasteiger partial charge in [0, 0.05) is 11.8 Å². The first-order valence-corrected chi connectivity index (χ1v) is 18.8. The summed E-state index contributed by atoms with van der Waals surface area (Å²) in [4.78, 5) is 11.5. The number of carboxylic acid groups (broad SMARTS) is 1. The largest absolute Gasteiger partial charge is 0.478 e. The molecule has 4 fully saturated rings. The van der Waals surface area contributed by atoms with Crippen molar-refractivity contribution in [1.29, 1.82) is 0 Å². The Hall–Kier alpha value is -2.95. The molecule has 4 aliphatic rings. The van der Waals surface area contributed by atoms with Crippen molar-refractivity contribution >= 4 is 23.4 Å². The first kappa shape index (κ1) is 33.9. The summed E-state index contributed by atoms with van der Waals surface area (Å²) in [6.07, 6.45) is 19.1. The van der Waals surface area contributed by atoms with E-state index >= 15 is 0 Å². The highest BCUT2D eigenvalue weighted by Crippen LogP contribution is 2.71. The van der Waals surface area contributed by atoms with E-state index in [4.69, 9.17) is 16.2 Å². The third-order valence-corrected chi connectivity index (χ3v) is 13.9. The summed E-state index contributed by atoms with van der Waals surface area (Å²) in [7, 11) is 0. The van der Waals surface area contributed by atoms with E-state index in [1.807, 2.05) is 24.3 Å². The van der Waals surface area contributed by atoms with Crippen LogP contribution in [0, 0.1) is 52.3 Å². The Morgan fingerprint density at radius 2 is 1.72 bits per heavy atom. The van der Waals surface area contributed by atoms with Gasteiger partial charge in [-0.2, -0.15) is 0 Å². The number of carboxylic acids is 1. The Labute approximate surface area is 283 Å². The molecule has 0 heterocycles. The maximum Gasteiger partial charge on any atom is 0.328 e. The van der Waals surface area contributed by atoms with Crippen LogP contribution in [-0.4, -0.2) is 11.1 Å². The monoisotopic (exact) mass is 640 g/mol. The van der Waals surface area contributed by atoms with Gasteiger partial charge in [-0.25, -0.2) is 4.79 Å². The van der Waals surface area contributed by atoms with Gasteiger partial charge in [-0.15, -0.1) is 0 Å². The molecule has 0 aromatic heterocycles. The minimum Gasteiger partial charge on any atom is -0.478 e. The summed E-state index contributed by atoms with van der Waals surface area (Å²) in [5.74, 6) is 5.90. The molecule has 4 aliphatic carbocycles. The van der Waals surface area contributed by atoms with Crippen molar-refractivity contribution < 1.29 is 14.6 Å². The third-order valence-electron chi connectivity index (χ3n) is 13.9. The second-order valence-corrected chi connectivity index (χ2v) is 17.0. The van der Waals surface area contributed by atoms with Gasteiger partial charge in [0.15, 0.2) is 0 Å². The molecule has 47 heavy (non-hydrogen) atoms. The number of rotatable bonds is 10. The molecule has 5 heteroatoms. The molecular weight excluding hydrogens is 580 g/mol. The smallest absolute Gasteiger partial charge is 0.328 e. The third kappa shape index (κ3) is 6.57. The van der Waals surface area contributed by atoms with E-state index in [-0.39, 0.29) is 5.41 Å². The van der Waals surface area contributed by atoms with Gasteiger partial charge in [0.1, 0.15) is 11.5 Å². The van der Waals surface area contributed by atoms with Crippen molar-refractivity contribution in [2.24, 2.45) is 52.3 Å². The molecule has 0 radical (unpaired) electrons. The number of benzene rings is 2. The number of anilines is 2. The number of hydrogen-bond donors (Lipinski definition) is 3. The van der Waals surface area contributed by atoms with E-state index in [0.29, 0.717) is 46.2 Å². The zero-order valence-corrected chi connectivity index (χ0v) is 29.6. The summed E-state index contributed by atoms with van der Waals surface area (Å²) in [6.45, 7) is 12.6. The lowest BCUT2D eigenvalue weighted by atomic mass is 9.44. The van der Waals surface area contributed by atoms with E-state index in [1.165, 1.54) is 88.7 Å². The Balaban J connectivity index is 1.42. The quantitative estimate of drug-likeness (QED) is 0.177. The first-order valence-electron chi connectivity index (χ1n) is 18.8. The van der Waals surface area contributed by atoms with E-state index in [0.717, 1.165) is 35.0 Å². The summed E-state index contributed by atoms with van der Waals surface area (Å²) in [5.41, 5.74) is 16.5. The molecule has 0 saturated heterocycles. The SMILES string of the molecule is CC(C)CCC[C@@H](C)[C@H]1C(c2cc(C=CC(=O)O)ccc2Oc2ccc(N)cc2N)C[C@H]2[C@@H]3CCC4CCCC[C@]4(C)[C@H]3CC[C@]12C. The molecule has 5 N–H and O–H groups in total. The van der Waals surface area contributed by atoms with Crippen LogP contribution in [0.3, 0.4) is 0 Å². The van der Waals surface area contributed by atoms with Gasteiger partial charge in [-0.3, -0.25) is 0 Å². The van der Waals surface area contributed by atoms with E-state index in [9.17, 15) is 9.90 Å². The van der Waals surface area contributed by atoms with Crippen LogP contribution in [0.1, 0.15) is 129 Å². The van der Waals surface area contributed by atoms with Gasteiger partial charge < -0.3 is 21.3 Å². The van der Waals surface area contributed by atoms with Crippen molar-refractivity contribution in [2.75, 3.05) is 11.5 Å². The lowest BCUT2D eigenvalue weighted by Gasteiger charge is -2.61. The van der Waals surface area contributed by atoms with Crippen LogP contribution < -0.4 is 16.2 Å². The van der Waals surface area contributed by atoms with E-state index < -0.39 is 5.97 Å². The molecular formula is C42H60N2O3. The molecule has 9 atom stereocenters. The summed E-state index contributed by atoms with van der Waals surface area (Å²) in [5, 5.41) is 9.45. The van der Waals surface area contributed by atoms with Crippen molar-refractivity contribution in [3.8, 4) is 11.5 Å². The van der Waals surface area contributed by atoms with Gasteiger partial charge in [-0.1, -0.05) is 72.8 Å². The molecule has 5 nitrogen and oxygen atoms in total. The second-order valence-electron chi connectivity index (χ2n) is 17.0. The number of nitrogen functional groups attached to an aromatic ring is 2. The number of aliphatic carboxylic acids is 1. The highest BCUT2D eigenvalue weighted by molar-refractivity contribution is 5.85. The Kier molecular flexibility index (Phi) is 9.76. The van der Waals surface area contributed by atoms with Crippen LogP contribution in [0.15, 0.2) is 42.5 Å². The number of carbonyl (C=O) groups is 1. The van der Waals surface area contributed by atoms with E-state index in [1.54, 1.807) is 12.1 Å². The molecule has 6 rings (SSSR count). The number of fused-ring (bicyclic) bond motifs is 5. The van der Waals surface area contributed by atoms with Crippen molar-refractivity contribution in [2.45, 2.75) is 118 Å². The van der Waals surface area contributed by atoms with Crippen molar-refractivity contribution in [3.05, 3.63) is 53.6 Å². The molecule has 2 aromatic carbocycles. The van der Waals surface area contributed by atoms with Crippen LogP contribution in [-0.2, 0) is 4.79 Å². The predicted octanol–water partition coefficient (Wildman–Crippen LogP) is 10.9. The standard InChI is InChI=1S/C42H60N2O3/c1-26(2)9-8-10-27(3)40-33(25-35-31-16-14-29-11-6-7-21-41(29,4)34(31)20-22-42(35,40)5)32-23-28(13-19-39(45)46)12-17-37(32)47-38-18-15-30(43)24-36(38)44/h12-13,15,17-19,23-24,26-27,29,31,33-35,40H,6-11,14,16,20-22,25,43-44H2,1-5H3,(H,45,46)/t27-,29?,31-,33?,34+,35+,40+,41+,42+/m1/s1. The fourth-order valence-electron chi connectivity index (χ4n) is 11.8. The van der Waals surface area contributed by atoms with Crippen LogP contribution in [0.4, 0.5) is 11.4 Å². The molecule has 2 unspecified atom stereocenters. The average Bonchev–Trinajstić information content (AvgIpc) is 3.34. The Bertz CT molecular complexity index is 1470. The molecule has 0 amide bonds. The lowest BCUT2D eigenvalue weighted by Crippen LogP contribution is -2.53. The average molecular weight is 641 g/mol. The van der Waals surface area contributed by atoms with Gasteiger partial charge in [0.2, 0.25) is 0 Å². The highest BCUT2D eigenvalue weighted by Gasteiger charge is 2.62. The predicted molar refractivity (Wildman–Crippen MR) is 194 cm³/mol. The molecule has 256 valence electrons. The minimum atomic E-state index is -0.935. The first-order chi connectivity index (χ1) is 22.4. The summed E-state index contributed by atoms with van der Waals surface area (Å²) < 4.78 is 6.69. The molecule has 0 bridgehead atoms. The number of ether oxygens (including phenoxy) is 1. The van der Waals surface area contributed by atoms with Crippen LogP contribution in [0.25, 0.3) is 6.08 Å². The van der Waals surface area contributed by atoms with Crippen LogP contribution in [0.5, 0.6) is 11.5 Å². The summed E-state index contributed by atoms with van der Waals surface area (Å²) >= 11 is 0. The highest BCUT2D eigenvalue weighted by atomic mass is 16.5. The number of nitrogens with two attached hydrogens (primary N) is 2. The minimum absolute atomic E-state index is 0.269. The van der Waals surface area contributed by atoms with Crippen molar-refractivity contribution in [1.82, 2.24) is 0 Å². The molecule has 0 spiro atoms. The molecule has 0 aliphatic heterocycles. The maximum atomic E-state index is 11.5. The second kappa shape index (κ2) is 13.5. The van der Waals surface area contributed by atoms with Gasteiger partial charge in [0.05, 0.1) is 5.69 Å². The zero-order valence-electron chi connectivity index (χ0n) is 29.6. The Morgan fingerprint density at radius 1 is 0.936 bits per heavy atom. The van der Waals surface area contributed by atoms with Crippen molar-refractivity contribution in [3.63, 3.8) is 0 Å². The molecule has 4 saturated carbocycles. The van der Waals surface area contributed by atoms with Crippen LogP contribution in [0.2, 0.25) is 0 Å². The topological polar surface area (TPSA) is 98.6 Å². The zero-order chi connectivity index (χ0) is 33.5. The lowest BCUT2D eigenvalue weighted by molar-refractivity contribution is -0.131. The van der Waals surface area contributed by atoms with E-state index in [2.05, 4.69) is 40.7 Å². The van der Waals surface area contributed by atoms with Gasteiger partial charge in [0.25, 0.3) is 0 Å². The summed E-state index contributed by atoms with van der Waals surface area (Å²) in [6, 6.07) is 11.7.